The number of amides is 2. The number of nitrogens with two attached hydrogens (primary N) is 1. The van der Waals surface area contributed by atoms with Crippen molar-refractivity contribution in [1.82, 2.24) is 4.90 Å². The predicted molar refractivity (Wildman–Crippen MR) is 112 cm³/mol. The zero-order valence-corrected chi connectivity index (χ0v) is 17.8. The van der Waals surface area contributed by atoms with Gasteiger partial charge >= 0.3 is 0 Å². The van der Waals surface area contributed by atoms with Gasteiger partial charge in [-0.3, -0.25) is 9.59 Å². The molecule has 0 aliphatic carbocycles. The van der Waals surface area contributed by atoms with E-state index < -0.39 is 6.10 Å². The zero-order chi connectivity index (χ0) is 20.1. The average Bonchev–Trinajstić information content (AvgIpc) is 3.23. The van der Waals surface area contributed by atoms with Crippen molar-refractivity contribution < 1.29 is 23.8 Å². The molecule has 2 heterocycles. The van der Waals surface area contributed by atoms with Crippen LogP contribution in [0.5, 0.6) is 11.5 Å². The van der Waals surface area contributed by atoms with Gasteiger partial charge < -0.3 is 30.2 Å². The van der Waals surface area contributed by atoms with Crippen LogP contribution in [-0.2, 0) is 9.53 Å². The van der Waals surface area contributed by atoms with Crippen LogP contribution >= 0.6 is 12.4 Å². The van der Waals surface area contributed by atoms with Crippen molar-refractivity contribution in [2.45, 2.75) is 44.3 Å². The monoisotopic (exact) mass is 427 g/mol. The first kappa shape index (κ1) is 23.3. The SMILES string of the molecule is COc1cc(NC(=O)[C@@H]2CC[C@H](CN)O2)c(C(=O)N2CCCCC2)cc1OC.Cl. The van der Waals surface area contributed by atoms with E-state index in [4.69, 9.17) is 19.9 Å². The summed E-state index contributed by atoms with van der Waals surface area (Å²) in [4.78, 5) is 27.6. The first-order chi connectivity index (χ1) is 13.6. The number of methoxy groups -OCH3 is 2. The molecule has 3 N–H and O–H groups in total. The molecule has 0 spiro atoms. The van der Waals surface area contributed by atoms with Crippen LogP contribution in [-0.4, -0.2) is 62.8 Å². The van der Waals surface area contributed by atoms with Gasteiger partial charge in [-0.2, -0.15) is 0 Å². The molecule has 0 radical (unpaired) electrons. The largest absolute Gasteiger partial charge is 0.493 e. The standard InChI is InChI=1S/C20H29N3O5.ClH/c1-26-17-10-14(20(25)23-8-4-3-5-9-23)15(11-18(17)27-2)22-19(24)16-7-6-13(12-21)28-16;/h10-11,13,16H,3-9,12,21H2,1-2H3,(H,22,24);1H/t13-,16+;/m1./s1. The van der Waals surface area contributed by atoms with E-state index in [1.165, 1.54) is 14.2 Å². The minimum atomic E-state index is -0.570. The van der Waals surface area contributed by atoms with Gasteiger partial charge in [0.25, 0.3) is 11.8 Å². The van der Waals surface area contributed by atoms with E-state index in [0.717, 1.165) is 25.7 Å². The van der Waals surface area contributed by atoms with E-state index in [-0.39, 0.29) is 30.3 Å². The lowest BCUT2D eigenvalue weighted by Crippen LogP contribution is -2.36. The molecule has 1 aromatic carbocycles. The molecule has 1 aromatic rings. The summed E-state index contributed by atoms with van der Waals surface area (Å²) in [5, 5.41) is 2.86. The molecule has 9 heteroatoms. The Morgan fingerprint density at radius 1 is 1.14 bits per heavy atom. The van der Waals surface area contributed by atoms with Crippen molar-refractivity contribution in [3.8, 4) is 11.5 Å². The number of hydrogen-bond acceptors (Lipinski definition) is 6. The highest BCUT2D eigenvalue weighted by Crippen LogP contribution is 2.35. The fourth-order valence-electron chi connectivity index (χ4n) is 3.71. The van der Waals surface area contributed by atoms with E-state index in [0.29, 0.717) is 48.8 Å². The molecule has 162 valence electrons. The van der Waals surface area contributed by atoms with Gasteiger partial charge in [0.05, 0.1) is 31.6 Å². The number of nitrogens with zero attached hydrogens (tertiary/aromatic N) is 1. The smallest absolute Gasteiger partial charge is 0.256 e. The van der Waals surface area contributed by atoms with Crippen LogP contribution in [0.2, 0.25) is 0 Å². The third-order valence-corrected chi connectivity index (χ3v) is 5.32. The topological polar surface area (TPSA) is 103 Å². The second-order valence-corrected chi connectivity index (χ2v) is 7.15. The van der Waals surface area contributed by atoms with Crippen molar-refractivity contribution in [2.24, 2.45) is 5.73 Å². The van der Waals surface area contributed by atoms with E-state index in [1.54, 1.807) is 12.1 Å². The highest BCUT2D eigenvalue weighted by molar-refractivity contribution is 6.05. The second kappa shape index (κ2) is 10.7. The summed E-state index contributed by atoms with van der Waals surface area (Å²) in [5.41, 5.74) is 6.42. The minimum absolute atomic E-state index is 0. The minimum Gasteiger partial charge on any atom is -0.493 e. The lowest BCUT2D eigenvalue weighted by molar-refractivity contribution is -0.126. The van der Waals surface area contributed by atoms with Crippen molar-refractivity contribution >= 4 is 29.9 Å². The molecule has 2 atom stereocenters. The first-order valence-electron chi connectivity index (χ1n) is 9.79. The Kier molecular flexibility index (Phi) is 8.55. The summed E-state index contributed by atoms with van der Waals surface area (Å²) in [6.07, 6.45) is 3.78. The lowest BCUT2D eigenvalue weighted by atomic mass is 10.1. The quantitative estimate of drug-likeness (QED) is 0.721. The van der Waals surface area contributed by atoms with Crippen molar-refractivity contribution in [1.29, 1.82) is 0 Å². The van der Waals surface area contributed by atoms with E-state index in [2.05, 4.69) is 5.32 Å². The summed E-state index contributed by atoms with van der Waals surface area (Å²) in [5.74, 6) is 0.486. The molecule has 2 amide bonds. The number of benzene rings is 1. The fourth-order valence-corrected chi connectivity index (χ4v) is 3.71. The van der Waals surface area contributed by atoms with Gasteiger partial charge in [0, 0.05) is 25.7 Å². The van der Waals surface area contributed by atoms with Crippen molar-refractivity contribution in [2.75, 3.05) is 39.2 Å². The van der Waals surface area contributed by atoms with Gasteiger partial charge in [-0.05, 0) is 38.2 Å². The van der Waals surface area contributed by atoms with Crippen LogP contribution in [0.4, 0.5) is 5.69 Å². The number of halogens is 1. The molecule has 2 fully saturated rings. The van der Waals surface area contributed by atoms with Crippen LogP contribution in [0.3, 0.4) is 0 Å². The van der Waals surface area contributed by atoms with E-state index in [1.807, 2.05) is 4.90 Å². The number of likely N-dealkylation sites (tertiary alicyclic amines) is 1. The number of piperidine rings is 1. The summed E-state index contributed by atoms with van der Waals surface area (Å²) < 4.78 is 16.4. The Bertz CT molecular complexity index is 724. The van der Waals surface area contributed by atoms with E-state index >= 15 is 0 Å². The number of carbonyl (C=O) groups excluding carboxylic acids is 2. The Morgan fingerprint density at radius 2 is 1.79 bits per heavy atom. The van der Waals surface area contributed by atoms with Gasteiger partial charge in [-0.25, -0.2) is 0 Å². The van der Waals surface area contributed by atoms with E-state index in [9.17, 15) is 9.59 Å². The van der Waals surface area contributed by atoms with Gasteiger partial charge in [0.1, 0.15) is 6.10 Å². The normalized spacial score (nSPS) is 21.3. The number of ether oxygens (including phenoxy) is 3. The third-order valence-electron chi connectivity index (χ3n) is 5.32. The maximum absolute atomic E-state index is 13.1. The number of anilines is 1. The molecule has 0 bridgehead atoms. The third kappa shape index (κ3) is 5.32. The highest BCUT2D eigenvalue weighted by Gasteiger charge is 2.31. The summed E-state index contributed by atoms with van der Waals surface area (Å²) in [7, 11) is 3.03. The molecule has 3 rings (SSSR count). The molecule has 2 aliphatic heterocycles. The highest BCUT2D eigenvalue weighted by atomic mass is 35.5. The van der Waals surface area contributed by atoms with Crippen LogP contribution in [0, 0.1) is 0 Å². The van der Waals surface area contributed by atoms with Crippen molar-refractivity contribution in [3.05, 3.63) is 17.7 Å². The van der Waals surface area contributed by atoms with Gasteiger partial charge in [-0.15, -0.1) is 12.4 Å². The molecule has 0 aromatic heterocycles. The summed E-state index contributed by atoms with van der Waals surface area (Å²) in [6.45, 7) is 1.81. The molecule has 0 unspecified atom stereocenters. The van der Waals surface area contributed by atoms with Crippen LogP contribution in [0.15, 0.2) is 12.1 Å². The molecular weight excluding hydrogens is 398 g/mol. The summed E-state index contributed by atoms with van der Waals surface area (Å²) >= 11 is 0. The fraction of sp³-hybridized carbons (Fsp3) is 0.600. The van der Waals surface area contributed by atoms with Crippen LogP contribution in [0.1, 0.15) is 42.5 Å². The first-order valence-corrected chi connectivity index (χ1v) is 9.79. The molecule has 2 aliphatic rings. The summed E-state index contributed by atoms with van der Waals surface area (Å²) in [6, 6.07) is 3.26. The second-order valence-electron chi connectivity index (χ2n) is 7.15. The molecule has 2 saturated heterocycles. The molecule has 0 saturated carbocycles. The Labute approximate surface area is 177 Å². The number of hydrogen-bond donors (Lipinski definition) is 2. The van der Waals surface area contributed by atoms with Crippen molar-refractivity contribution in [3.63, 3.8) is 0 Å². The maximum Gasteiger partial charge on any atom is 0.256 e. The van der Waals surface area contributed by atoms with Crippen LogP contribution in [0.25, 0.3) is 0 Å². The predicted octanol–water partition coefficient (Wildman–Crippen LogP) is 2.20. The maximum atomic E-state index is 13.1. The van der Waals surface area contributed by atoms with Crippen LogP contribution < -0.4 is 20.5 Å². The van der Waals surface area contributed by atoms with Gasteiger partial charge in [0.2, 0.25) is 0 Å². The molecular formula is C20H30ClN3O5. The Hall–Kier alpha value is -2.03. The van der Waals surface area contributed by atoms with Gasteiger partial charge in [-0.1, -0.05) is 0 Å². The Balaban J connectivity index is 0.00000300. The number of nitrogens with one attached hydrogen (secondary N) is 1. The number of carbonyl (C=O) groups is 2. The molecule has 8 nitrogen and oxygen atoms in total. The molecule has 29 heavy (non-hydrogen) atoms. The Morgan fingerprint density at radius 3 is 2.38 bits per heavy atom. The zero-order valence-electron chi connectivity index (χ0n) is 16.9. The number of rotatable bonds is 6. The van der Waals surface area contributed by atoms with Gasteiger partial charge in [0.15, 0.2) is 11.5 Å². The lowest BCUT2D eigenvalue weighted by Gasteiger charge is -2.28. The average molecular weight is 428 g/mol.